The first-order valence-corrected chi connectivity index (χ1v) is 9.43. The van der Waals surface area contributed by atoms with E-state index in [1.807, 2.05) is 49.0 Å². The number of aryl methyl sites for hydroxylation is 3. The van der Waals surface area contributed by atoms with E-state index < -0.39 is 0 Å². The number of amides is 1. The van der Waals surface area contributed by atoms with Gasteiger partial charge in [0.05, 0.1) is 22.4 Å². The number of para-hydroxylation sites is 2. The number of H-pyrrole nitrogens is 1. The van der Waals surface area contributed by atoms with E-state index in [4.69, 9.17) is 5.10 Å². The highest BCUT2D eigenvalue weighted by Crippen LogP contribution is 2.40. The lowest BCUT2D eigenvalue weighted by molar-refractivity contribution is -0.116. The van der Waals surface area contributed by atoms with Crippen molar-refractivity contribution in [3.05, 3.63) is 53.0 Å². The zero-order chi connectivity index (χ0) is 19.4. The number of carbonyl (C=O) groups excluding carboxylic acids is 1. The fraction of sp³-hybridized carbons (Fsp3) is 0.300. The number of nitrogens with one attached hydrogen (secondary N) is 2. The van der Waals surface area contributed by atoms with Gasteiger partial charge in [0.25, 0.3) is 0 Å². The van der Waals surface area contributed by atoms with E-state index in [9.17, 15) is 4.79 Å². The van der Waals surface area contributed by atoms with E-state index >= 15 is 0 Å². The van der Waals surface area contributed by atoms with Crippen molar-refractivity contribution in [3.63, 3.8) is 0 Å². The van der Waals surface area contributed by atoms with Gasteiger partial charge in [-0.2, -0.15) is 14.9 Å². The summed E-state index contributed by atoms with van der Waals surface area (Å²) in [6.45, 7) is 6.82. The predicted octanol–water partition coefficient (Wildman–Crippen LogP) is 3.06. The maximum absolute atomic E-state index is 12.6. The van der Waals surface area contributed by atoms with Crippen LogP contribution in [0.3, 0.4) is 0 Å². The molecule has 4 heterocycles. The Kier molecular flexibility index (Phi) is 3.61. The molecule has 0 saturated heterocycles. The van der Waals surface area contributed by atoms with E-state index in [2.05, 4.69) is 27.3 Å². The SMILES string of the molecule is CCn1cc(C2CC(=O)Nc3c2c(C)nn3-c2nc3ccccc3[nH]2)c(C)n1. The van der Waals surface area contributed by atoms with Gasteiger partial charge in [0.2, 0.25) is 11.9 Å². The first-order chi connectivity index (χ1) is 13.5. The van der Waals surface area contributed by atoms with Crippen molar-refractivity contribution in [2.75, 3.05) is 5.32 Å². The van der Waals surface area contributed by atoms with Crippen LogP contribution in [0, 0.1) is 13.8 Å². The molecule has 1 unspecified atom stereocenters. The summed E-state index contributed by atoms with van der Waals surface area (Å²) in [6, 6.07) is 7.82. The quantitative estimate of drug-likeness (QED) is 0.575. The number of anilines is 1. The van der Waals surface area contributed by atoms with Gasteiger partial charge in [-0.3, -0.25) is 9.48 Å². The molecule has 1 aromatic carbocycles. The lowest BCUT2D eigenvalue weighted by Crippen LogP contribution is -2.25. The number of rotatable bonds is 3. The summed E-state index contributed by atoms with van der Waals surface area (Å²) in [7, 11) is 0. The molecular weight excluding hydrogens is 354 g/mol. The molecule has 5 rings (SSSR count). The Hall–Kier alpha value is -3.42. The zero-order valence-corrected chi connectivity index (χ0v) is 16.0. The van der Waals surface area contributed by atoms with Crippen molar-refractivity contribution in [2.45, 2.75) is 39.7 Å². The van der Waals surface area contributed by atoms with Crippen LogP contribution >= 0.6 is 0 Å². The van der Waals surface area contributed by atoms with Gasteiger partial charge in [-0.1, -0.05) is 12.1 Å². The highest BCUT2D eigenvalue weighted by Gasteiger charge is 2.34. The minimum absolute atomic E-state index is 0.0293. The fourth-order valence-corrected chi connectivity index (χ4v) is 4.04. The number of imidazole rings is 1. The van der Waals surface area contributed by atoms with Crippen LogP contribution in [0.15, 0.2) is 30.5 Å². The van der Waals surface area contributed by atoms with Crippen LogP contribution in [0.2, 0.25) is 0 Å². The fourth-order valence-electron chi connectivity index (χ4n) is 4.04. The second-order valence-corrected chi connectivity index (χ2v) is 7.17. The number of aromatic amines is 1. The highest BCUT2D eigenvalue weighted by atomic mass is 16.1. The maximum atomic E-state index is 12.6. The van der Waals surface area contributed by atoms with Crippen LogP contribution in [0.4, 0.5) is 5.82 Å². The zero-order valence-electron chi connectivity index (χ0n) is 16.0. The smallest absolute Gasteiger partial charge is 0.231 e. The van der Waals surface area contributed by atoms with Crippen LogP contribution in [0.1, 0.15) is 41.8 Å². The summed E-state index contributed by atoms with van der Waals surface area (Å²) in [4.78, 5) is 20.5. The Morgan fingerprint density at radius 2 is 2.00 bits per heavy atom. The normalized spacial score (nSPS) is 16.4. The standard InChI is InChI=1S/C20H21N7O/c1-4-26-10-14(11(2)24-26)13-9-17(28)23-19-18(13)12(3)25-27(19)20-21-15-7-5-6-8-16(15)22-20/h5-8,10,13H,4,9H2,1-3H3,(H,21,22)(H,23,28). The molecule has 0 fully saturated rings. The van der Waals surface area contributed by atoms with Crippen molar-refractivity contribution >= 4 is 22.8 Å². The Bertz CT molecular complexity index is 1180. The number of hydrogen-bond donors (Lipinski definition) is 2. The summed E-state index contributed by atoms with van der Waals surface area (Å²) in [5.74, 6) is 1.18. The average Bonchev–Trinajstić information content (AvgIpc) is 3.36. The number of aromatic nitrogens is 6. The summed E-state index contributed by atoms with van der Waals surface area (Å²) in [5.41, 5.74) is 5.72. The second-order valence-electron chi connectivity index (χ2n) is 7.17. The summed E-state index contributed by atoms with van der Waals surface area (Å²) in [6.07, 6.45) is 2.43. The van der Waals surface area contributed by atoms with Gasteiger partial charge in [-0.05, 0) is 32.9 Å². The number of nitrogens with zero attached hydrogens (tertiary/aromatic N) is 5. The Morgan fingerprint density at radius 3 is 2.75 bits per heavy atom. The molecule has 0 saturated carbocycles. The van der Waals surface area contributed by atoms with Gasteiger partial charge in [-0.25, -0.2) is 4.98 Å². The predicted molar refractivity (Wildman–Crippen MR) is 106 cm³/mol. The molecule has 2 N–H and O–H groups in total. The van der Waals surface area contributed by atoms with Gasteiger partial charge >= 0.3 is 0 Å². The largest absolute Gasteiger partial charge is 0.322 e. The Morgan fingerprint density at radius 1 is 1.18 bits per heavy atom. The Balaban J connectivity index is 1.68. The van der Waals surface area contributed by atoms with Crippen LogP contribution in [-0.2, 0) is 11.3 Å². The molecule has 8 nitrogen and oxygen atoms in total. The molecule has 0 aliphatic carbocycles. The molecule has 0 bridgehead atoms. The molecule has 0 spiro atoms. The van der Waals surface area contributed by atoms with Crippen molar-refractivity contribution < 1.29 is 4.79 Å². The maximum Gasteiger partial charge on any atom is 0.231 e. The van der Waals surface area contributed by atoms with Crippen LogP contribution < -0.4 is 5.32 Å². The van der Waals surface area contributed by atoms with Gasteiger partial charge in [0.1, 0.15) is 5.82 Å². The molecule has 1 aliphatic heterocycles. The number of benzene rings is 1. The van der Waals surface area contributed by atoms with Crippen molar-refractivity contribution in [3.8, 4) is 5.95 Å². The van der Waals surface area contributed by atoms with E-state index in [0.29, 0.717) is 18.2 Å². The van der Waals surface area contributed by atoms with Crippen LogP contribution in [-0.4, -0.2) is 35.4 Å². The third kappa shape index (κ3) is 2.45. The van der Waals surface area contributed by atoms with Crippen molar-refractivity contribution in [1.29, 1.82) is 0 Å². The third-order valence-corrected chi connectivity index (χ3v) is 5.36. The van der Waals surface area contributed by atoms with Gasteiger partial charge in [0.15, 0.2) is 0 Å². The van der Waals surface area contributed by atoms with E-state index in [1.54, 1.807) is 4.68 Å². The summed E-state index contributed by atoms with van der Waals surface area (Å²) in [5, 5.41) is 12.3. The lowest BCUT2D eigenvalue weighted by Gasteiger charge is -2.23. The molecule has 28 heavy (non-hydrogen) atoms. The summed E-state index contributed by atoms with van der Waals surface area (Å²) >= 11 is 0. The molecule has 0 radical (unpaired) electrons. The van der Waals surface area contributed by atoms with Gasteiger partial charge < -0.3 is 10.3 Å². The monoisotopic (exact) mass is 375 g/mol. The lowest BCUT2D eigenvalue weighted by atomic mass is 9.86. The summed E-state index contributed by atoms with van der Waals surface area (Å²) < 4.78 is 3.62. The molecule has 3 aromatic heterocycles. The minimum atomic E-state index is -0.0674. The molecule has 8 heteroatoms. The molecule has 1 aliphatic rings. The number of fused-ring (bicyclic) bond motifs is 2. The number of hydrogen-bond acceptors (Lipinski definition) is 4. The highest BCUT2D eigenvalue weighted by molar-refractivity contribution is 5.95. The first kappa shape index (κ1) is 16.7. The van der Waals surface area contributed by atoms with E-state index in [0.717, 1.165) is 40.1 Å². The average molecular weight is 375 g/mol. The first-order valence-electron chi connectivity index (χ1n) is 9.43. The Labute approximate surface area is 161 Å². The molecule has 1 amide bonds. The molecular formula is C20H21N7O. The molecule has 142 valence electrons. The minimum Gasteiger partial charge on any atom is -0.322 e. The van der Waals surface area contributed by atoms with E-state index in [-0.39, 0.29) is 11.8 Å². The number of carbonyl (C=O) groups is 1. The molecule has 1 atom stereocenters. The van der Waals surface area contributed by atoms with E-state index in [1.165, 1.54) is 0 Å². The molecule has 4 aromatic rings. The van der Waals surface area contributed by atoms with Gasteiger partial charge in [0, 0.05) is 36.2 Å². The third-order valence-electron chi connectivity index (χ3n) is 5.36. The van der Waals surface area contributed by atoms with Gasteiger partial charge in [-0.15, -0.1) is 0 Å². The topological polar surface area (TPSA) is 93.4 Å². The van der Waals surface area contributed by atoms with Crippen LogP contribution in [0.25, 0.3) is 17.0 Å². The van der Waals surface area contributed by atoms with Crippen LogP contribution in [0.5, 0.6) is 0 Å². The van der Waals surface area contributed by atoms with Crippen molar-refractivity contribution in [2.24, 2.45) is 0 Å². The van der Waals surface area contributed by atoms with Crippen molar-refractivity contribution in [1.82, 2.24) is 29.5 Å². The second kappa shape index (κ2) is 6.05.